The van der Waals surface area contributed by atoms with E-state index in [1.165, 1.54) is 4.90 Å². The van der Waals surface area contributed by atoms with Crippen LogP contribution in [0.3, 0.4) is 0 Å². The maximum Gasteiger partial charge on any atom is 0.315 e. The summed E-state index contributed by atoms with van der Waals surface area (Å²) in [6, 6.07) is 7.01. The number of ether oxygens (including phenoxy) is 1. The molecule has 7 nitrogen and oxygen atoms in total. The number of amides is 3. The highest BCUT2D eigenvalue weighted by Gasteiger charge is 2.36. The van der Waals surface area contributed by atoms with Gasteiger partial charge >= 0.3 is 6.03 Å². The Morgan fingerprint density at radius 1 is 1.12 bits per heavy atom. The van der Waals surface area contributed by atoms with Crippen molar-refractivity contribution in [3.63, 3.8) is 0 Å². The first kappa shape index (κ1) is 16.4. The molecule has 0 aromatic heterocycles. The molecule has 1 aromatic carbocycles. The number of rotatable bonds is 3. The second kappa shape index (κ2) is 6.98. The molecule has 0 unspecified atom stereocenters. The molecule has 0 radical (unpaired) electrons. The number of carbonyl (C=O) groups excluding carboxylic acids is 2. The SMILES string of the molecule is COc1ccccc1N1CCN(C(=O)[C@H]2CCCN2C(N)=O)CC1. The highest BCUT2D eigenvalue weighted by molar-refractivity contribution is 5.87. The van der Waals surface area contributed by atoms with E-state index in [2.05, 4.69) is 4.90 Å². The van der Waals surface area contributed by atoms with Crippen LogP contribution in [0.15, 0.2) is 24.3 Å². The first-order valence-electron chi connectivity index (χ1n) is 8.34. The normalized spacial score (nSPS) is 21.0. The van der Waals surface area contributed by atoms with Gasteiger partial charge in [0.25, 0.3) is 0 Å². The summed E-state index contributed by atoms with van der Waals surface area (Å²) < 4.78 is 5.41. The number of primary amides is 1. The number of methoxy groups -OCH3 is 1. The van der Waals surface area contributed by atoms with Crippen LogP contribution < -0.4 is 15.4 Å². The molecular weight excluding hydrogens is 308 g/mol. The number of piperazine rings is 1. The molecule has 2 fully saturated rings. The first-order chi connectivity index (χ1) is 11.6. The van der Waals surface area contributed by atoms with Crippen molar-refractivity contribution < 1.29 is 14.3 Å². The standard InChI is InChI=1S/C17H24N4O3/c1-24-15-7-3-2-5-13(15)19-9-11-20(12-10-19)16(22)14-6-4-8-21(14)17(18)23/h2-3,5,7,14H,4,6,8-12H2,1H3,(H2,18,23)/t14-/m1/s1. The Morgan fingerprint density at radius 2 is 1.83 bits per heavy atom. The number of nitrogens with zero attached hydrogens (tertiary/aromatic N) is 3. The number of para-hydroxylation sites is 2. The monoisotopic (exact) mass is 332 g/mol. The molecule has 2 aliphatic heterocycles. The van der Waals surface area contributed by atoms with E-state index < -0.39 is 6.03 Å². The predicted octanol–water partition coefficient (Wildman–Crippen LogP) is 0.887. The third-order valence-corrected chi connectivity index (χ3v) is 4.84. The lowest BCUT2D eigenvalue weighted by atomic mass is 10.1. The maximum absolute atomic E-state index is 12.7. The second-order valence-corrected chi connectivity index (χ2v) is 6.17. The van der Waals surface area contributed by atoms with Crippen LogP contribution >= 0.6 is 0 Å². The fraction of sp³-hybridized carbons (Fsp3) is 0.529. The molecular formula is C17H24N4O3. The van der Waals surface area contributed by atoms with E-state index >= 15 is 0 Å². The van der Waals surface area contributed by atoms with E-state index in [0.29, 0.717) is 26.1 Å². The average Bonchev–Trinajstić information content (AvgIpc) is 3.11. The van der Waals surface area contributed by atoms with E-state index in [1.807, 2.05) is 29.2 Å². The summed E-state index contributed by atoms with van der Waals surface area (Å²) in [7, 11) is 1.66. The van der Waals surface area contributed by atoms with Gasteiger partial charge in [-0.15, -0.1) is 0 Å². The molecule has 0 bridgehead atoms. The van der Waals surface area contributed by atoms with Gasteiger partial charge in [0, 0.05) is 32.7 Å². The second-order valence-electron chi connectivity index (χ2n) is 6.17. The summed E-state index contributed by atoms with van der Waals surface area (Å²) in [6.07, 6.45) is 1.54. The maximum atomic E-state index is 12.7. The predicted molar refractivity (Wildman–Crippen MR) is 91.1 cm³/mol. The van der Waals surface area contributed by atoms with Gasteiger partial charge in [-0.1, -0.05) is 12.1 Å². The lowest BCUT2D eigenvalue weighted by Gasteiger charge is -2.38. The Balaban J connectivity index is 1.62. The molecule has 1 atom stereocenters. The van der Waals surface area contributed by atoms with Crippen LogP contribution in [-0.2, 0) is 4.79 Å². The number of nitrogens with two attached hydrogens (primary N) is 1. The minimum Gasteiger partial charge on any atom is -0.495 e. The van der Waals surface area contributed by atoms with E-state index in [-0.39, 0.29) is 11.9 Å². The molecule has 2 N–H and O–H groups in total. The van der Waals surface area contributed by atoms with Gasteiger partial charge < -0.3 is 25.2 Å². The number of anilines is 1. The van der Waals surface area contributed by atoms with Crippen LogP contribution in [0.2, 0.25) is 0 Å². The zero-order valence-corrected chi connectivity index (χ0v) is 14.0. The Kier molecular flexibility index (Phi) is 4.78. The molecule has 7 heteroatoms. The summed E-state index contributed by atoms with van der Waals surface area (Å²) in [5.41, 5.74) is 6.43. The lowest BCUT2D eigenvalue weighted by Crippen LogP contribution is -2.55. The molecule has 3 rings (SSSR count). The molecule has 0 aliphatic carbocycles. The molecule has 2 saturated heterocycles. The Bertz CT molecular complexity index is 614. The molecule has 0 spiro atoms. The molecule has 2 heterocycles. The Labute approximate surface area is 141 Å². The fourth-order valence-corrected chi connectivity index (χ4v) is 3.56. The third-order valence-electron chi connectivity index (χ3n) is 4.84. The lowest BCUT2D eigenvalue weighted by molar-refractivity contribution is -0.135. The van der Waals surface area contributed by atoms with Gasteiger partial charge in [-0.3, -0.25) is 4.79 Å². The summed E-state index contributed by atoms with van der Waals surface area (Å²) in [4.78, 5) is 29.7. The highest BCUT2D eigenvalue weighted by atomic mass is 16.5. The zero-order valence-electron chi connectivity index (χ0n) is 14.0. The van der Waals surface area contributed by atoms with E-state index in [9.17, 15) is 9.59 Å². The number of carbonyl (C=O) groups is 2. The fourth-order valence-electron chi connectivity index (χ4n) is 3.56. The molecule has 24 heavy (non-hydrogen) atoms. The van der Waals surface area contributed by atoms with Crippen molar-refractivity contribution >= 4 is 17.6 Å². The van der Waals surface area contributed by atoms with Crippen molar-refractivity contribution in [1.29, 1.82) is 0 Å². The number of hydrogen-bond donors (Lipinski definition) is 1. The third kappa shape index (κ3) is 3.11. The summed E-state index contributed by atoms with van der Waals surface area (Å²) in [5.74, 6) is 0.860. The number of urea groups is 1. The Hall–Kier alpha value is -2.44. The smallest absolute Gasteiger partial charge is 0.315 e. The van der Waals surface area contributed by atoms with Gasteiger partial charge in [0.15, 0.2) is 0 Å². The number of likely N-dealkylation sites (tertiary alicyclic amines) is 1. The number of hydrogen-bond acceptors (Lipinski definition) is 4. The van der Waals surface area contributed by atoms with Gasteiger partial charge in [0.05, 0.1) is 12.8 Å². The van der Waals surface area contributed by atoms with Crippen LogP contribution in [0.1, 0.15) is 12.8 Å². The van der Waals surface area contributed by atoms with Crippen LogP contribution in [0.25, 0.3) is 0 Å². The van der Waals surface area contributed by atoms with Gasteiger partial charge in [-0.25, -0.2) is 4.79 Å². The topological polar surface area (TPSA) is 79.1 Å². The minimum absolute atomic E-state index is 0.0194. The molecule has 130 valence electrons. The molecule has 0 saturated carbocycles. The van der Waals surface area contributed by atoms with Crippen molar-refractivity contribution in [2.24, 2.45) is 5.73 Å². The zero-order chi connectivity index (χ0) is 17.1. The van der Waals surface area contributed by atoms with Crippen molar-refractivity contribution in [1.82, 2.24) is 9.80 Å². The van der Waals surface area contributed by atoms with Gasteiger partial charge in [-0.2, -0.15) is 0 Å². The van der Waals surface area contributed by atoms with E-state index in [0.717, 1.165) is 30.9 Å². The molecule has 3 amide bonds. The molecule has 1 aromatic rings. The summed E-state index contributed by atoms with van der Waals surface area (Å²) in [5, 5.41) is 0. The van der Waals surface area contributed by atoms with E-state index in [4.69, 9.17) is 10.5 Å². The highest BCUT2D eigenvalue weighted by Crippen LogP contribution is 2.28. The first-order valence-corrected chi connectivity index (χ1v) is 8.34. The van der Waals surface area contributed by atoms with Crippen LogP contribution in [0, 0.1) is 0 Å². The largest absolute Gasteiger partial charge is 0.495 e. The quantitative estimate of drug-likeness (QED) is 0.891. The van der Waals surface area contributed by atoms with E-state index in [1.54, 1.807) is 7.11 Å². The van der Waals surface area contributed by atoms with Crippen molar-refractivity contribution in [2.45, 2.75) is 18.9 Å². The van der Waals surface area contributed by atoms with Crippen LogP contribution in [-0.4, -0.2) is 67.6 Å². The summed E-state index contributed by atoms with van der Waals surface area (Å²) >= 11 is 0. The van der Waals surface area contributed by atoms with Gasteiger partial charge in [0.1, 0.15) is 11.8 Å². The van der Waals surface area contributed by atoms with Gasteiger partial charge in [-0.05, 0) is 25.0 Å². The van der Waals surface area contributed by atoms with Crippen molar-refractivity contribution in [3.05, 3.63) is 24.3 Å². The Morgan fingerprint density at radius 3 is 2.50 bits per heavy atom. The minimum atomic E-state index is -0.501. The van der Waals surface area contributed by atoms with Crippen molar-refractivity contribution in [2.75, 3.05) is 44.7 Å². The van der Waals surface area contributed by atoms with Crippen LogP contribution in [0.5, 0.6) is 5.75 Å². The summed E-state index contributed by atoms with van der Waals surface area (Å²) in [6.45, 7) is 3.34. The van der Waals surface area contributed by atoms with Crippen LogP contribution in [0.4, 0.5) is 10.5 Å². The van der Waals surface area contributed by atoms with Gasteiger partial charge in [0.2, 0.25) is 5.91 Å². The molecule has 2 aliphatic rings. The number of benzene rings is 1. The average molecular weight is 332 g/mol. The van der Waals surface area contributed by atoms with Crippen molar-refractivity contribution in [3.8, 4) is 5.75 Å².